The van der Waals surface area contributed by atoms with Crippen LogP contribution in [0.4, 0.5) is 5.69 Å². The van der Waals surface area contributed by atoms with E-state index in [2.05, 4.69) is 15.4 Å². The number of benzene rings is 2. The third kappa shape index (κ3) is 4.69. The molecule has 0 aliphatic rings. The highest BCUT2D eigenvalue weighted by Gasteiger charge is 2.20. The lowest BCUT2D eigenvalue weighted by atomic mass is 10.1. The van der Waals surface area contributed by atoms with Gasteiger partial charge in [0, 0.05) is 43.3 Å². The highest BCUT2D eigenvalue weighted by Crippen LogP contribution is 2.22. The minimum atomic E-state index is -0.662. The Morgan fingerprint density at radius 3 is 2.58 bits per heavy atom. The highest BCUT2D eigenvalue weighted by atomic mass is 16.6. The predicted octanol–water partition coefficient (Wildman–Crippen LogP) is 2.62. The number of amides is 1. The number of rotatable bonds is 7. The van der Waals surface area contributed by atoms with Gasteiger partial charge in [-0.1, -0.05) is 36.4 Å². The van der Waals surface area contributed by atoms with E-state index in [1.165, 1.54) is 28.9 Å². The number of hydrogen-bond acceptors (Lipinski definition) is 6. The summed E-state index contributed by atoms with van der Waals surface area (Å²) >= 11 is 0. The molecule has 0 spiro atoms. The molecule has 1 amide bonds. The van der Waals surface area contributed by atoms with Crippen molar-refractivity contribution in [2.24, 2.45) is 0 Å². The molecule has 0 unspecified atom stereocenters. The van der Waals surface area contributed by atoms with Crippen LogP contribution in [0.2, 0.25) is 0 Å². The van der Waals surface area contributed by atoms with E-state index < -0.39 is 16.3 Å². The van der Waals surface area contributed by atoms with Crippen molar-refractivity contribution in [2.75, 3.05) is 0 Å². The largest absolute Gasteiger partial charge is 0.346 e. The molecule has 2 heterocycles. The van der Waals surface area contributed by atoms with E-state index in [-0.39, 0.29) is 23.6 Å². The molecule has 166 valence electrons. The number of imidazole rings is 1. The first-order valence-corrected chi connectivity index (χ1v) is 10.1. The van der Waals surface area contributed by atoms with Crippen LogP contribution in [0.1, 0.15) is 27.3 Å². The summed E-state index contributed by atoms with van der Waals surface area (Å²) in [4.78, 5) is 40.3. The Morgan fingerprint density at radius 1 is 1.12 bits per heavy atom. The molecule has 0 saturated carbocycles. The minimum absolute atomic E-state index is 0.166. The summed E-state index contributed by atoms with van der Waals surface area (Å²) in [5, 5.41) is 18.3. The van der Waals surface area contributed by atoms with Crippen LogP contribution in [0, 0.1) is 17.0 Å². The van der Waals surface area contributed by atoms with Gasteiger partial charge in [-0.25, -0.2) is 9.67 Å². The van der Waals surface area contributed by atoms with Crippen LogP contribution in [-0.4, -0.2) is 30.2 Å². The van der Waals surface area contributed by atoms with E-state index in [1.54, 1.807) is 25.5 Å². The Bertz CT molecular complexity index is 1380. The van der Waals surface area contributed by atoms with Crippen LogP contribution >= 0.6 is 0 Å². The molecule has 0 fully saturated rings. The molecule has 0 aliphatic heterocycles. The maximum Gasteiger partial charge on any atom is 0.294 e. The van der Waals surface area contributed by atoms with Gasteiger partial charge in [-0.2, -0.15) is 5.10 Å². The predicted molar refractivity (Wildman–Crippen MR) is 120 cm³/mol. The van der Waals surface area contributed by atoms with Crippen molar-refractivity contribution in [2.45, 2.75) is 20.0 Å². The molecule has 2 aromatic heterocycles. The maximum absolute atomic E-state index is 12.8. The summed E-state index contributed by atoms with van der Waals surface area (Å²) in [6.07, 6.45) is 5.24. The zero-order chi connectivity index (χ0) is 23.4. The van der Waals surface area contributed by atoms with Crippen LogP contribution < -0.4 is 10.7 Å². The molecule has 33 heavy (non-hydrogen) atoms. The molecule has 4 aromatic rings. The third-order valence-electron chi connectivity index (χ3n) is 5.10. The molecule has 0 atom stereocenters. The zero-order valence-electron chi connectivity index (χ0n) is 17.7. The Balaban J connectivity index is 1.60. The second-order valence-electron chi connectivity index (χ2n) is 7.34. The standard InChI is InChI=1S/C23H20N6O4/c1-16-12-21(30)22(26-28(16)19-8-4-5-9-20(19)29(32)33)23(31)25-13-17-6-2-3-7-18(17)14-27-11-10-24-15-27/h2-12,15H,13-14H2,1H3,(H,25,31). The average Bonchev–Trinajstić information content (AvgIpc) is 3.31. The lowest BCUT2D eigenvalue weighted by Crippen LogP contribution is -2.32. The number of carbonyl (C=O) groups is 1. The summed E-state index contributed by atoms with van der Waals surface area (Å²) in [6.45, 7) is 2.36. The molecule has 2 aromatic carbocycles. The van der Waals surface area contributed by atoms with E-state index in [0.717, 1.165) is 11.1 Å². The van der Waals surface area contributed by atoms with E-state index >= 15 is 0 Å². The SMILES string of the molecule is Cc1cc(=O)c(C(=O)NCc2ccccc2Cn2ccnc2)nn1-c1ccccc1[N+](=O)[O-]. The first-order chi connectivity index (χ1) is 15.9. The van der Waals surface area contributed by atoms with E-state index in [9.17, 15) is 19.7 Å². The summed E-state index contributed by atoms with van der Waals surface area (Å²) in [6, 6.07) is 14.9. The second kappa shape index (κ2) is 9.27. The van der Waals surface area contributed by atoms with Gasteiger partial charge in [0.1, 0.15) is 5.69 Å². The van der Waals surface area contributed by atoms with Crippen molar-refractivity contribution in [3.63, 3.8) is 0 Å². The molecule has 0 saturated heterocycles. The lowest BCUT2D eigenvalue weighted by Gasteiger charge is -2.13. The van der Waals surface area contributed by atoms with Crippen molar-refractivity contribution >= 4 is 11.6 Å². The van der Waals surface area contributed by atoms with Crippen LogP contribution in [-0.2, 0) is 13.1 Å². The second-order valence-corrected chi connectivity index (χ2v) is 7.34. The number of para-hydroxylation sites is 2. The van der Waals surface area contributed by atoms with Gasteiger partial charge >= 0.3 is 0 Å². The first kappa shape index (κ1) is 21.6. The normalized spacial score (nSPS) is 10.7. The van der Waals surface area contributed by atoms with E-state index in [0.29, 0.717) is 12.2 Å². The van der Waals surface area contributed by atoms with Crippen molar-refractivity contribution < 1.29 is 9.72 Å². The summed E-state index contributed by atoms with van der Waals surface area (Å²) in [7, 11) is 0. The van der Waals surface area contributed by atoms with Crippen LogP contribution in [0.5, 0.6) is 0 Å². The van der Waals surface area contributed by atoms with Gasteiger partial charge in [-0.15, -0.1) is 0 Å². The Kier molecular flexibility index (Phi) is 6.07. The minimum Gasteiger partial charge on any atom is -0.346 e. The van der Waals surface area contributed by atoms with Crippen molar-refractivity contribution in [3.8, 4) is 5.69 Å². The van der Waals surface area contributed by atoms with Crippen LogP contribution in [0.25, 0.3) is 5.69 Å². The fourth-order valence-corrected chi connectivity index (χ4v) is 3.47. The van der Waals surface area contributed by atoms with Gasteiger partial charge in [0.05, 0.1) is 11.3 Å². The van der Waals surface area contributed by atoms with Crippen LogP contribution in [0.15, 0.2) is 78.1 Å². The fourth-order valence-electron chi connectivity index (χ4n) is 3.47. The summed E-state index contributed by atoms with van der Waals surface area (Å²) in [5.41, 5.74) is 1.32. The van der Waals surface area contributed by atoms with Crippen LogP contribution in [0.3, 0.4) is 0 Å². The number of nitrogens with zero attached hydrogens (tertiary/aromatic N) is 5. The van der Waals surface area contributed by atoms with Gasteiger partial charge < -0.3 is 9.88 Å². The van der Waals surface area contributed by atoms with E-state index in [1.807, 2.05) is 35.0 Å². The molecule has 4 rings (SSSR count). The quantitative estimate of drug-likeness (QED) is 0.345. The maximum atomic E-state index is 12.8. The Morgan fingerprint density at radius 2 is 1.85 bits per heavy atom. The fraction of sp³-hybridized carbons (Fsp3) is 0.130. The number of hydrogen-bond donors (Lipinski definition) is 1. The Hall–Kier alpha value is -4.60. The summed E-state index contributed by atoms with van der Waals surface area (Å²) in [5.74, 6) is -0.662. The molecule has 0 bridgehead atoms. The molecule has 0 radical (unpaired) electrons. The van der Waals surface area contributed by atoms with Crippen molar-refractivity contribution in [1.29, 1.82) is 0 Å². The Labute approximate surface area is 188 Å². The van der Waals surface area contributed by atoms with E-state index in [4.69, 9.17) is 0 Å². The lowest BCUT2D eigenvalue weighted by molar-refractivity contribution is -0.384. The number of nitro benzene ring substituents is 1. The van der Waals surface area contributed by atoms with Gasteiger partial charge in [0.2, 0.25) is 5.43 Å². The number of carbonyl (C=O) groups excluding carboxylic acids is 1. The molecule has 0 aliphatic carbocycles. The first-order valence-electron chi connectivity index (χ1n) is 10.1. The number of aryl methyl sites for hydroxylation is 1. The van der Waals surface area contributed by atoms with Crippen molar-refractivity contribution in [3.05, 3.63) is 116 Å². The average molecular weight is 444 g/mol. The highest BCUT2D eigenvalue weighted by molar-refractivity contribution is 5.92. The van der Waals surface area contributed by atoms with Gasteiger partial charge in [0.15, 0.2) is 5.69 Å². The smallest absolute Gasteiger partial charge is 0.294 e. The zero-order valence-corrected chi connectivity index (χ0v) is 17.7. The van der Waals surface area contributed by atoms with Crippen molar-refractivity contribution in [1.82, 2.24) is 24.6 Å². The summed E-state index contributed by atoms with van der Waals surface area (Å²) < 4.78 is 3.15. The molecular weight excluding hydrogens is 424 g/mol. The topological polar surface area (TPSA) is 125 Å². The molecule has 10 heteroatoms. The third-order valence-corrected chi connectivity index (χ3v) is 5.10. The molecular formula is C23H20N6O4. The molecule has 10 nitrogen and oxygen atoms in total. The number of nitro groups is 1. The molecule has 1 N–H and O–H groups in total. The number of aromatic nitrogens is 4. The monoisotopic (exact) mass is 444 g/mol. The van der Waals surface area contributed by atoms with Gasteiger partial charge in [-0.3, -0.25) is 19.7 Å². The van der Waals surface area contributed by atoms with Gasteiger partial charge in [-0.05, 0) is 24.1 Å². The van der Waals surface area contributed by atoms with Gasteiger partial charge in [0.25, 0.3) is 11.6 Å². The number of nitrogens with one attached hydrogen (secondary N) is 1.